The van der Waals surface area contributed by atoms with Crippen molar-refractivity contribution in [2.45, 2.75) is 73.4 Å². The van der Waals surface area contributed by atoms with E-state index in [1.807, 2.05) is 0 Å². The van der Waals surface area contributed by atoms with Gasteiger partial charge in [-0.1, -0.05) is 0 Å². The third kappa shape index (κ3) is 9.49. The van der Waals surface area contributed by atoms with E-state index in [4.69, 9.17) is 50.3 Å². The Bertz CT molecular complexity index is 488. The minimum absolute atomic E-state index is 0.641. The summed E-state index contributed by atoms with van der Waals surface area (Å²) >= 11 is 0. The number of rotatable bonds is 12. The summed E-state index contributed by atoms with van der Waals surface area (Å²) in [5.74, 6) is 0. The Morgan fingerprint density at radius 3 is 1.39 bits per heavy atom. The zero-order valence-electron chi connectivity index (χ0n) is 17.5. The minimum atomic E-state index is -1.85. The molecule has 1 saturated heterocycles. The molecular formula is C17H36O16. The molecule has 0 radical (unpaired) electrons. The highest BCUT2D eigenvalue weighted by Crippen LogP contribution is 2.24. The van der Waals surface area contributed by atoms with Crippen molar-refractivity contribution in [2.75, 3.05) is 33.0 Å². The summed E-state index contributed by atoms with van der Waals surface area (Å²) in [4.78, 5) is 0. The highest BCUT2D eigenvalue weighted by molar-refractivity contribution is 4.91. The maximum atomic E-state index is 9.83. The molecule has 33 heavy (non-hydrogen) atoms. The van der Waals surface area contributed by atoms with Gasteiger partial charge in [-0.2, -0.15) is 0 Å². The van der Waals surface area contributed by atoms with Crippen LogP contribution in [0.25, 0.3) is 0 Å². The quantitative estimate of drug-likeness (QED) is 0.119. The third-order valence-corrected chi connectivity index (χ3v) is 4.79. The molecule has 14 N–H and O–H groups in total. The summed E-state index contributed by atoms with van der Waals surface area (Å²) < 4.78 is 10.1. The minimum Gasteiger partial charge on any atom is -0.394 e. The van der Waals surface area contributed by atoms with E-state index in [0.29, 0.717) is 0 Å². The van der Waals surface area contributed by atoms with Gasteiger partial charge in [-0.3, -0.25) is 0 Å². The zero-order chi connectivity index (χ0) is 25.9. The molecule has 11 unspecified atom stereocenters. The summed E-state index contributed by atoms with van der Waals surface area (Å²) in [6, 6.07) is 0. The van der Waals surface area contributed by atoms with Crippen LogP contribution in [0.2, 0.25) is 0 Å². The lowest BCUT2D eigenvalue weighted by Gasteiger charge is -2.42. The molecule has 0 aromatic rings. The second-order valence-corrected chi connectivity index (χ2v) is 7.28. The van der Waals surface area contributed by atoms with Crippen molar-refractivity contribution in [3.8, 4) is 0 Å². The van der Waals surface area contributed by atoms with Crippen molar-refractivity contribution >= 4 is 0 Å². The Hall–Kier alpha value is -0.640. The summed E-state index contributed by atoms with van der Waals surface area (Å²) in [6.45, 7) is -3.73. The van der Waals surface area contributed by atoms with Crippen LogP contribution in [-0.2, 0) is 9.47 Å². The van der Waals surface area contributed by atoms with Crippen LogP contribution < -0.4 is 0 Å². The molecule has 11 atom stereocenters. The van der Waals surface area contributed by atoms with Gasteiger partial charge in [0.1, 0.15) is 67.1 Å². The van der Waals surface area contributed by atoms with Gasteiger partial charge in [0.2, 0.25) is 0 Å². The zero-order valence-corrected chi connectivity index (χ0v) is 17.5. The average molecular weight is 496 g/mol. The molecule has 0 aromatic heterocycles. The lowest BCUT2D eigenvalue weighted by molar-refractivity contribution is -0.327. The fourth-order valence-electron chi connectivity index (χ4n) is 2.64. The average Bonchev–Trinajstić information content (AvgIpc) is 2.84. The first-order valence-electron chi connectivity index (χ1n) is 9.89. The molecule has 0 saturated carbocycles. The number of hydrogen-bond donors (Lipinski definition) is 14. The second kappa shape index (κ2) is 16.1. The molecular weight excluding hydrogens is 460 g/mol. The first kappa shape index (κ1) is 32.4. The molecule has 1 aliphatic rings. The van der Waals surface area contributed by atoms with Crippen molar-refractivity contribution in [3.05, 3.63) is 0 Å². The highest BCUT2D eigenvalue weighted by atomic mass is 16.7. The van der Waals surface area contributed by atoms with E-state index in [1.54, 1.807) is 0 Å². The van der Waals surface area contributed by atoms with Crippen LogP contribution in [0, 0.1) is 0 Å². The Morgan fingerprint density at radius 1 is 0.576 bits per heavy atom. The Kier molecular flexibility index (Phi) is 15.8. The summed E-state index contributed by atoms with van der Waals surface area (Å²) in [7, 11) is 0. The normalized spacial score (nSPS) is 32.0. The van der Waals surface area contributed by atoms with Crippen LogP contribution >= 0.6 is 0 Å². The van der Waals surface area contributed by atoms with E-state index >= 15 is 0 Å². The van der Waals surface area contributed by atoms with Crippen molar-refractivity contribution < 1.29 is 81.0 Å². The van der Waals surface area contributed by atoms with Gasteiger partial charge in [-0.15, -0.1) is 0 Å². The van der Waals surface area contributed by atoms with Gasteiger partial charge in [0.15, 0.2) is 6.29 Å². The van der Waals surface area contributed by atoms with Crippen LogP contribution in [0.5, 0.6) is 0 Å². The van der Waals surface area contributed by atoms with E-state index in [1.165, 1.54) is 0 Å². The predicted molar refractivity (Wildman–Crippen MR) is 103 cm³/mol. The van der Waals surface area contributed by atoms with Gasteiger partial charge in [0.05, 0.1) is 33.0 Å². The van der Waals surface area contributed by atoms with Crippen molar-refractivity contribution in [1.29, 1.82) is 0 Å². The molecule has 16 heteroatoms. The fourth-order valence-corrected chi connectivity index (χ4v) is 2.64. The summed E-state index contributed by atoms with van der Waals surface area (Å²) in [5.41, 5.74) is 0. The van der Waals surface area contributed by atoms with E-state index in [2.05, 4.69) is 0 Å². The van der Waals surface area contributed by atoms with Gasteiger partial charge < -0.3 is 81.0 Å². The Morgan fingerprint density at radius 2 is 1.00 bits per heavy atom. The molecule has 0 aliphatic carbocycles. The number of ether oxygens (including phenoxy) is 2. The van der Waals surface area contributed by atoms with Crippen molar-refractivity contribution in [2.24, 2.45) is 0 Å². The smallest absolute Gasteiger partial charge is 0.187 e. The molecule has 0 spiro atoms. The van der Waals surface area contributed by atoms with Crippen LogP contribution in [-0.4, -0.2) is 178 Å². The summed E-state index contributed by atoms with van der Waals surface area (Å²) in [6.07, 6.45) is -19.4. The van der Waals surface area contributed by atoms with E-state index in [9.17, 15) is 30.6 Å². The molecule has 0 amide bonds. The van der Waals surface area contributed by atoms with Gasteiger partial charge in [0.25, 0.3) is 0 Å². The lowest BCUT2D eigenvalue weighted by Crippen LogP contribution is -2.61. The van der Waals surface area contributed by atoms with Gasteiger partial charge in [0, 0.05) is 0 Å². The summed E-state index contributed by atoms with van der Waals surface area (Å²) in [5, 5.41) is 127. The highest BCUT2D eigenvalue weighted by Gasteiger charge is 2.46. The lowest BCUT2D eigenvalue weighted by atomic mass is 9.98. The van der Waals surface area contributed by atoms with Crippen LogP contribution in [0.1, 0.15) is 0 Å². The van der Waals surface area contributed by atoms with Gasteiger partial charge >= 0.3 is 0 Å². The van der Waals surface area contributed by atoms with E-state index in [-0.39, 0.29) is 0 Å². The molecule has 1 heterocycles. The Labute approximate surface area is 188 Å². The molecule has 16 nitrogen and oxygen atoms in total. The largest absolute Gasteiger partial charge is 0.394 e. The molecule has 1 aliphatic heterocycles. The SMILES string of the molecule is OCC(O)C(O)C(O)CO.OCC(O)C(O)C(OC1OC(CO)C(O)C(O)C1O)C(O)CO. The van der Waals surface area contributed by atoms with E-state index < -0.39 is 106 Å². The van der Waals surface area contributed by atoms with Gasteiger partial charge in [-0.05, 0) is 0 Å². The maximum absolute atomic E-state index is 9.83. The third-order valence-electron chi connectivity index (χ3n) is 4.79. The monoisotopic (exact) mass is 496 g/mol. The predicted octanol–water partition coefficient (Wildman–Crippen LogP) is -8.71. The van der Waals surface area contributed by atoms with Crippen LogP contribution in [0.15, 0.2) is 0 Å². The molecule has 0 bridgehead atoms. The first-order valence-corrected chi connectivity index (χ1v) is 9.89. The van der Waals surface area contributed by atoms with Gasteiger partial charge in [-0.25, -0.2) is 0 Å². The number of aliphatic hydroxyl groups is 14. The van der Waals surface area contributed by atoms with Crippen LogP contribution in [0.3, 0.4) is 0 Å². The van der Waals surface area contributed by atoms with Crippen molar-refractivity contribution in [3.63, 3.8) is 0 Å². The first-order chi connectivity index (χ1) is 15.4. The molecule has 200 valence electrons. The second-order valence-electron chi connectivity index (χ2n) is 7.28. The fraction of sp³-hybridized carbons (Fsp3) is 1.00. The van der Waals surface area contributed by atoms with Crippen molar-refractivity contribution in [1.82, 2.24) is 0 Å². The topological polar surface area (TPSA) is 302 Å². The Balaban J connectivity index is 0.000000861. The van der Waals surface area contributed by atoms with E-state index in [0.717, 1.165) is 0 Å². The maximum Gasteiger partial charge on any atom is 0.187 e. The van der Waals surface area contributed by atoms with Crippen LogP contribution in [0.4, 0.5) is 0 Å². The molecule has 1 fully saturated rings. The number of aliphatic hydroxyl groups excluding tert-OH is 14. The molecule has 1 rings (SSSR count). The molecule has 0 aromatic carbocycles. The standard InChI is InChI=1S/C12H24O11.C5H12O5/c13-1-4(16)7(18)11(5(17)2-14)23-12-10(21)9(20)8(19)6(3-15)22-12;6-1-3(8)5(10)4(9)2-7/h4-21H,1-3H2;3-10H,1-2H2. The number of hydrogen-bond acceptors (Lipinski definition) is 16.